The number of nitrogens with zero attached hydrogens (tertiary/aromatic N) is 1. The lowest BCUT2D eigenvalue weighted by Gasteiger charge is -2.21. The highest BCUT2D eigenvalue weighted by molar-refractivity contribution is 4.59. The number of aliphatic hydroxyl groups excluding tert-OH is 1. The standard InChI is InChI=1S/C19H41NO/c1-4-5-6-7-9-12-15-20(17-18-21)16-13-10-8-11-14-19(2)3/h19,21H,4-18H2,1-3H3. The molecular formula is C19H41NO. The van der Waals surface area contributed by atoms with Crippen LogP contribution >= 0.6 is 0 Å². The van der Waals surface area contributed by atoms with Gasteiger partial charge in [-0.3, -0.25) is 0 Å². The first kappa shape index (κ1) is 20.9. The van der Waals surface area contributed by atoms with Crippen LogP contribution in [0.4, 0.5) is 0 Å². The molecule has 0 bridgehead atoms. The highest BCUT2D eigenvalue weighted by atomic mass is 16.3. The second-order valence-corrected chi connectivity index (χ2v) is 6.93. The maximum absolute atomic E-state index is 9.17. The van der Waals surface area contributed by atoms with Gasteiger partial charge in [0.05, 0.1) is 6.61 Å². The molecule has 2 nitrogen and oxygen atoms in total. The number of hydrogen-bond acceptors (Lipinski definition) is 2. The minimum absolute atomic E-state index is 0.309. The fourth-order valence-electron chi connectivity index (χ4n) is 2.83. The summed E-state index contributed by atoms with van der Waals surface area (Å²) < 4.78 is 0. The lowest BCUT2D eigenvalue weighted by atomic mass is 10.0. The van der Waals surface area contributed by atoms with E-state index in [1.54, 1.807) is 0 Å². The Kier molecular flexibility index (Phi) is 16.2. The summed E-state index contributed by atoms with van der Waals surface area (Å²) in [5, 5.41) is 9.17. The summed E-state index contributed by atoms with van der Waals surface area (Å²) in [4.78, 5) is 2.46. The van der Waals surface area contributed by atoms with Gasteiger partial charge in [0, 0.05) is 6.54 Å². The van der Waals surface area contributed by atoms with Crippen LogP contribution in [-0.2, 0) is 0 Å². The molecule has 0 aliphatic heterocycles. The van der Waals surface area contributed by atoms with Crippen LogP contribution in [0.2, 0.25) is 0 Å². The molecule has 0 saturated heterocycles. The van der Waals surface area contributed by atoms with Gasteiger partial charge in [-0.2, -0.15) is 0 Å². The molecule has 2 heteroatoms. The van der Waals surface area contributed by atoms with Crippen LogP contribution in [0.3, 0.4) is 0 Å². The molecule has 0 aromatic heterocycles. The average Bonchev–Trinajstić information content (AvgIpc) is 2.45. The zero-order chi connectivity index (χ0) is 15.8. The Hall–Kier alpha value is -0.0800. The Morgan fingerprint density at radius 1 is 0.714 bits per heavy atom. The van der Waals surface area contributed by atoms with E-state index in [4.69, 9.17) is 5.11 Å². The van der Waals surface area contributed by atoms with Crippen LogP contribution in [0.5, 0.6) is 0 Å². The number of rotatable bonds is 16. The number of unbranched alkanes of at least 4 members (excludes halogenated alkanes) is 8. The van der Waals surface area contributed by atoms with Crippen molar-refractivity contribution in [3.63, 3.8) is 0 Å². The Bertz CT molecular complexity index is 194. The Morgan fingerprint density at radius 3 is 1.76 bits per heavy atom. The second kappa shape index (κ2) is 16.3. The molecule has 0 aromatic carbocycles. The van der Waals surface area contributed by atoms with Crippen molar-refractivity contribution < 1.29 is 5.11 Å². The van der Waals surface area contributed by atoms with Crippen LogP contribution in [0.1, 0.15) is 91.4 Å². The van der Waals surface area contributed by atoms with Crippen molar-refractivity contribution in [3.05, 3.63) is 0 Å². The fraction of sp³-hybridized carbons (Fsp3) is 1.00. The molecular weight excluding hydrogens is 258 g/mol. The van der Waals surface area contributed by atoms with Gasteiger partial charge < -0.3 is 10.0 Å². The molecule has 0 spiro atoms. The first-order valence-corrected chi connectivity index (χ1v) is 9.53. The summed E-state index contributed by atoms with van der Waals surface area (Å²) >= 11 is 0. The summed E-state index contributed by atoms with van der Waals surface area (Å²) in [6.45, 7) is 10.4. The predicted molar refractivity (Wildman–Crippen MR) is 94.8 cm³/mol. The molecule has 0 radical (unpaired) electrons. The van der Waals surface area contributed by atoms with Crippen LogP contribution in [-0.4, -0.2) is 36.2 Å². The van der Waals surface area contributed by atoms with Crippen molar-refractivity contribution >= 4 is 0 Å². The SMILES string of the molecule is CCCCCCCCN(CCO)CCCCCCC(C)C. The molecule has 1 N–H and O–H groups in total. The van der Waals surface area contributed by atoms with E-state index in [1.807, 2.05) is 0 Å². The third-order valence-electron chi connectivity index (χ3n) is 4.25. The summed E-state index contributed by atoms with van der Waals surface area (Å²) in [5.41, 5.74) is 0. The van der Waals surface area contributed by atoms with Gasteiger partial charge in [-0.05, 0) is 31.8 Å². The van der Waals surface area contributed by atoms with Crippen molar-refractivity contribution in [1.82, 2.24) is 4.90 Å². The molecule has 0 saturated carbocycles. The Labute approximate surface area is 134 Å². The van der Waals surface area contributed by atoms with Gasteiger partial charge in [0.25, 0.3) is 0 Å². The van der Waals surface area contributed by atoms with E-state index in [2.05, 4.69) is 25.7 Å². The molecule has 0 amide bonds. The van der Waals surface area contributed by atoms with Crippen LogP contribution in [0.25, 0.3) is 0 Å². The van der Waals surface area contributed by atoms with Gasteiger partial charge in [0.15, 0.2) is 0 Å². The largest absolute Gasteiger partial charge is 0.395 e. The number of hydrogen-bond donors (Lipinski definition) is 1. The maximum Gasteiger partial charge on any atom is 0.0558 e. The highest BCUT2D eigenvalue weighted by Gasteiger charge is 2.04. The first-order chi connectivity index (χ1) is 10.2. The molecule has 0 aliphatic rings. The molecule has 0 fully saturated rings. The molecule has 0 unspecified atom stereocenters. The van der Waals surface area contributed by atoms with E-state index in [-0.39, 0.29) is 0 Å². The van der Waals surface area contributed by atoms with Crippen molar-refractivity contribution in [2.24, 2.45) is 5.92 Å². The van der Waals surface area contributed by atoms with Gasteiger partial charge in [-0.15, -0.1) is 0 Å². The average molecular weight is 300 g/mol. The summed E-state index contributed by atoms with van der Waals surface area (Å²) in [5.74, 6) is 0.851. The molecule has 21 heavy (non-hydrogen) atoms. The third kappa shape index (κ3) is 16.1. The lowest BCUT2D eigenvalue weighted by molar-refractivity contribution is 0.190. The minimum atomic E-state index is 0.309. The highest BCUT2D eigenvalue weighted by Crippen LogP contribution is 2.10. The monoisotopic (exact) mass is 299 g/mol. The molecule has 0 rings (SSSR count). The topological polar surface area (TPSA) is 23.5 Å². The Balaban J connectivity index is 3.48. The molecule has 0 aliphatic carbocycles. The van der Waals surface area contributed by atoms with Gasteiger partial charge in [0.2, 0.25) is 0 Å². The van der Waals surface area contributed by atoms with Crippen molar-refractivity contribution in [1.29, 1.82) is 0 Å². The number of aliphatic hydroxyl groups is 1. The van der Waals surface area contributed by atoms with E-state index < -0.39 is 0 Å². The van der Waals surface area contributed by atoms with E-state index in [1.165, 1.54) is 83.7 Å². The summed E-state index contributed by atoms with van der Waals surface area (Å²) in [6.07, 6.45) is 14.9. The molecule has 0 heterocycles. The third-order valence-corrected chi connectivity index (χ3v) is 4.25. The zero-order valence-electron chi connectivity index (χ0n) is 15.1. The lowest BCUT2D eigenvalue weighted by Crippen LogP contribution is -2.29. The van der Waals surface area contributed by atoms with Crippen LogP contribution < -0.4 is 0 Å². The molecule has 0 atom stereocenters. The van der Waals surface area contributed by atoms with Gasteiger partial charge in [-0.1, -0.05) is 78.6 Å². The first-order valence-electron chi connectivity index (χ1n) is 9.53. The van der Waals surface area contributed by atoms with E-state index in [0.717, 1.165) is 12.5 Å². The fourth-order valence-corrected chi connectivity index (χ4v) is 2.83. The van der Waals surface area contributed by atoms with E-state index >= 15 is 0 Å². The van der Waals surface area contributed by atoms with Gasteiger partial charge in [-0.25, -0.2) is 0 Å². The van der Waals surface area contributed by atoms with Gasteiger partial charge >= 0.3 is 0 Å². The van der Waals surface area contributed by atoms with E-state index in [0.29, 0.717) is 6.61 Å². The van der Waals surface area contributed by atoms with Crippen molar-refractivity contribution in [2.75, 3.05) is 26.2 Å². The normalized spacial score (nSPS) is 11.7. The summed E-state index contributed by atoms with van der Waals surface area (Å²) in [6, 6.07) is 0. The summed E-state index contributed by atoms with van der Waals surface area (Å²) in [7, 11) is 0. The van der Waals surface area contributed by atoms with Gasteiger partial charge in [0.1, 0.15) is 0 Å². The molecule has 0 aromatic rings. The Morgan fingerprint density at radius 2 is 1.24 bits per heavy atom. The minimum Gasteiger partial charge on any atom is -0.395 e. The second-order valence-electron chi connectivity index (χ2n) is 6.93. The zero-order valence-corrected chi connectivity index (χ0v) is 15.1. The smallest absolute Gasteiger partial charge is 0.0558 e. The van der Waals surface area contributed by atoms with Crippen LogP contribution in [0, 0.1) is 5.92 Å². The predicted octanol–water partition coefficient (Wildman–Crippen LogP) is 5.25. The van der Waals surface area contributed by atoms with Crippen LogP contribution in [0.15, 0.2) is 0 Å². The quantitative estimate of drug-likeness (QED) is 0.394. The maximum atomic E-state index is 9.17. The van der Waals surface area contributed by atoms with Crippen molar-refractivity contribution in [2.45, 2.75) is 91.4 Å². The van der Waals surface area contributed by atoms with E-state index in [9.17, 15) is 0 Å². The molecule has 128 valence electrons. The van der Waals surface area contributed by atoms with Crippen molar-refractivity contribution in [3.8, 4) is 0 Å².